The van der Waals surface area contributed by atoms with E-state index in [1.807, 2.05) is 12.3 Å². The molecule has 2 atom stereocenters. The quantitative estimate of drug-likeness (QED) is 0.477. The summed E-state index contributed by atoms with van der Waals surface area (Å²) in [7, 11) is -3.16. The Hall–Kier alpha value is -2.50. The standard InChI is InChI=1S/C15H23N3O3S.2C2HF3O2/c1-22(19,20)17-14-4-8-21-15(9-14)5-7-18(12-15)11-13-3-2-6-16-10-13;2*3-2(4,5)1(6)7/h2-3,6,10,14,17H,4-5,7-9,11-12H2,1H3;2*(H,6,7)/t14-,15-;;/m1../s1. The molecule has 2 saturated heterocycles. The van der Waals surface area contributed by atoms with Crippen LogP contribution in [0.1, 0.15) is 24.8 Å². The molecule has 206 valence electrons. The number of carboxylic acid groups (broad SMARTS) is 2. The van der Waals surface area contributed by atoms with E-state index in [0.717, 1.165) is 38.9 Å². The van der Waals surface area contributed by atoms with E-state index in [-0.39, 0.29) is 11.6 Å². The van der Waals surface area contributed by atoms with Crippen LogP contribution in [0.25, 0.3) is 0 Å². The minimum Gasteiger partial charge on any atom is -0.475 e. The number of carboxylic acids is 2. The molecule has 2 fully saturated rings. The van der Waals surface area contributed by atoms with Gasteiger partial charge in [0.05, 0.1) is 11.9 Å². The third-order valence-electron chi connectivity index (χ3n) is 4.88. The van der Waals surface area contributed by atoms with Gasteiger partial charge in [-0.3, -0.25) is 9.88 Å². The zero-order valence-corrected chi connectivity index (χ0v) is 19.7. The topological polar surface area (TPSA) is 146 Å². The smallest absolute Gasteiger partial charge is 0.475 e. The van der Waals surface area contributed by atoms with Crippen molar-refractivity contribution < 1.29 is 59.3 Å². The molecule has 0 saturated carbocycles. The van der Waals surface area contributed by atoms with Gasteiger partial charge >= 0.3 is 24.3 Å². The first-order valence-corrected chi connectivity index (χ1v) is 12.0. The lowest BCUT2D eigenvalue weighted by Gasteiger charge is -2.38. The zero-order valence-electron chi connectivity index (χ0n) is 18.8. The molecule has 3 rings (SSSR count). The van der Waals surface area contributed by atoms with Crippen LogP contribution in [0.4, 0.5) is 26.3 Å². The van der Waals surface area contributed by atoms with E-state index in [9.17, 15) is 34.8 Å². The van der Waals surface area contributed by atoms with Gasteiger partial charge in [-0.15, -0.1) is 0 Å². The van der Waals surface area contributed by atoms with Crippen LogP contribution in [0.5, 0.6) is 0 Å². The molecule has 36 heavy (non-hydrogen) atoms. The SMILES string of the molecule is CS(=O)(=O)N[C@@H]1CCO[C@]2(CCN(Cc3cccnc3)C2)C1.O=C(O)C(F)(F)F.O=C(O)C(F)(F)F. The molecular weight excluding hydrogens is 528 g/mol. The highest BCUT2D eigenvalue weighted by Gasteiger charge is 2.43. The molecule has 0 aliphatic carbocycles. The van der Waals surface area contributed by atoms with Gasteiger partial charge in [-0.05, 0) is 30.9 Å². The Morgan fingerprint density at radius 1 is 1.19 bits per heavy atom. The fourth-order valence-electron chi connectivity index (χ4n) is 3.53. The van der Waals surface area contributed by atoms with Crippen molar-refractivity contribution in [1.82, 2.24) is 14.6 Å². The summed E-state index contributed by atoms with van der Waals surface area (Å²) in [5.74, 6) is -5.51. The van der Waals surface area contributed by atoms with Crippen LogP contribution >= 0.6 is 0 Å². The highest BCUT2D eigenvalue weighted by molar-refractivity contribution is 7.88. The number of hydrogen-bond donors (Lipinski definition) is 3. The Bertz CT molecular complexity index is 952. The Kier molecular flexibility index (Phi) is 11.1. The third-order valence-corrected chi connectivity index (χ3v) is 5.64. The Morgan fingerprint density at radius 2 is 1.75 bits per heavy atom. The monoisotopic (exact) mass is 553 g/mol. The maximum atomic E-state index is 11.4. The van der Waals surface area contributed by atoms with Gasteiger partial charge in [0.25, 0.3) is 0 Å². The van der Waals surface area contributed by atoms with Crippen molar-refractivity contribution in [2.75, 3.05) is 26.0 Å². The summed E-state index contributed by atoms with van der Waals surface area (Å²) in [6.07, 6.45) is -2.82. The second-order valence-electron chi connectivity index (χ2n) is 8.04. The normalized spacial score (nSPS) is 22.7. The fourth-order valence-corrected chi connectivity index (χ4v) is 4.33. The van der Waals surface area contributed by atoms with Gasteiger partial charge < -0.3 is 14.9 Å². The van der Waals surface area contributed by atoms with E-state index in [0.29, 0.717) is 6.61 Å². The van der Waals surface area contributed by atoms with Crippen LogP contribution in [0.2, 0.25) is 0 Å². The van der Waals surface area contributed by atoms with Crippen LogP contribution in [0.15, 0.2) is 24.5 Å². The molecule has 2 aliphatic rings. The number of carbonyl (C=O) groups is 2. The number of ether oxygens (including phenoxy) is 1. The highest BCUT2D eigenvalue weighted by atomic mass is 32.2. The highest BCUT2D eigenvalue weighted by Crippen LogP contribution is 2.35. The Balaban J connectivity index is 0.000000383. The molecule has 0 unspecified atom stereocenters. The van der Waals surface area contributed by atoms with Gasteiger partial charge in [-0.25, -0.2) is 22.7 Å². The van der Waals surface area contributed by atoms with Crippen LogP contribution in [-0.4, -0.2) is 90.4 Å². The lowest BCUT2D eigenvalue weighted by molar-refractivity contribution is -0.193. The van der Waals surface area contributed by atoms with Crippen LogP contribution < -0.4 is 4.72 Å². The summed E-state index contributed by atoms with van der Waals surface area (Å²) < 4.78 is 95.1. The molecule has 17 heteroatoms. The third kappa shape index (κ3) is 12.0. The average molecular weight is 553 g/mol. The van der Waals surface area contributed by atoms with Gasteiger partial charge in [0.15, 0.2) is 0 Å². The van der Waals surface area contributed by atoms with Gasteiger partial charge in [0.1, 0.15) is 0 Å². The number of pyridine rings is 1. The second-order valence-corrected chi connectivity index (χ2v) is 9.82. The number of alkyl halides is 6. The minimum absolute atomic E-state index is 0.0120. The number of nitrogens with one attached hydrogen (secondary N) is 1. The predicted molar refractivity (Wildman–Crippen MR) is 111 cm³/mol. The Morgan fingerprint density at radius 3 is 2.19 bits per heavy atom. The van der Waals surface area contributed by atoms with Crippen LogP contribution in [-0.2, 0) is 30.9 Å². The summed E-state index contributed by atoms with van der Waals surface area (Å²) in [6.45, 7) is 3.31. The first-order chi connectivity index (χ1) is 16.3. The molecule has 0 radical (unpaired) electrons. The number of halogens is 6. The van der Waals surface area contributed by atoms with Gasteiger partial charge in [-0.2, -0.15) is 26.3 Å². The largest absolute Gasteiger partial charge is 0.490 e. The zero-order chi connectivity index (χ0) is 27.8. The second kappa shape index (κ2) is 12.6. The molecule has 10 nitrogen and oxygen atoms in total. The minimum atomic E-state index is -5.08. The number of hydrogen-bond acceptors (Lipinski definition) is 7. The van der Waals surface area contributed by atoms with Crippen LogP contribution in [0.3, 0.4) is 0 Å². The first-order valence-electron chi connectivity index (χ1n) is 10.2. The lowest BCUT2D eigenvalue weighted by Crippen LogP contribution is -2.49. The lowest BCUT2D eigenvalue weighted by atomic mass is 9.90. The number of nitrogens with zero attached hydrogens (tertiary/aromatic N) is 2. The maximum absolute atomic E-state index is 11.4. The van der Waals surface area contributed by atoms with Crippen LogP contribution in [0, 0.1) is 0 Å². The van der Waals surface area contributed by atoms with Crippen molar-refractivity contribution in [1.29, 1.82) is 0 Å². The van der Waals surface area contributed by atoms with E-state index < -0.39 is 34.3 Å². The van der Waals surface area contributed by atoms with E-state index in [1.165, 1.54) is 11.8 Å². The molecule has 2 aliphatic heterocycles. The molecular formula is C19H25F6N3O7S. The maximum Gasteiger partial charge on any atom is 0.490 e. The molecule has 3 heterocycles. The summed E-state index contributed by atoms with van der Waals surface area (Å²) in [5.41, 5.74) is 0.990. The molecule has 3 N–H and O–H groups in total. The summed E-state index contributed by atoms with van der Waals surface area (Å²) in [6, 6.07) is 4.01. The van der Waals surface area contributed by atoms with Gasteiger partial charge in [0.2, 0.25) is 10.0 Å². The van der Waals surface area contributed by atoms with Crippen molar-refractivity contribution in [2.45, 2.75) is 49.8 Å². The number of sulfonamides is 1. The van der Waals surface area contributed by atoms with Crippen molar-refractivity contribution in [3.8, 4) is 0 Å². The fraction of sp³-hybridized carbons (Fsp3) is 0.632. The number of aliphatic carboxylic acids is 2. The first kappa shape index (κ1) is 31.5. The van der Waals surface area contributed by atoms with Crippen molar-refractivity contribution >= 4 is 22.0 Å². The summed E-state index contributed by atoms with van der Waals surface area (Å²) in [5, 5.41) is 14.2. The van der Waals surface area contributed by atoms with E-state index in [1.54, 1.807) is 6.20 Å². The van der Waals surface area contributed by atoms with Crippen molar-refractivity contribution in [2.24, 2.45) is 0 Å². The van der Waals surface area contributed by atoms with Crippen molar-refractivity contribution in [3.63, 3.8) is 0 Å². The molecule has 1 aromatic rings. The molecule has 1 spiro atoms. The number of aromatic nitrogens is 1. The van der Waals surface area contributed by atoms with E-state index in [2.05, 4.69) is 20.7 Å². The predicted octanol–water partition coefficient (Wildman–Crippen LogP) is 2.02. The summed E-state index contributed by atoms with van der Waals surface area (Å²) >= 11 is 0. The van der Waals surface area contributed by atoms with Gasteiger partial charge in [0, 0.05) is 44.7 Å². The molecule has 0 amide bonds. The molecule has 1 aromatic heterocycles. The van der Waals surface area contributed by atoms with E-state index >= 15 is 0 Å². The summed E-state index contributed by atoms with van der Waals surface area (Å²) in [4.78, 5) is 24.3. The van der Waals surface area contributed by atoms with E-state index in [4.69, 9.17) is 24.5 Å². The molecule has 0 aromatic carbocycles. The van der Waals surface area contributed by atoms with Crippen molar-refractivity contribution in [3.05, 3.63) is 30.1 Å². The number of likely N-dealkylation sites (tertiary alicyclic amines) is 1. The number of rotatable bonds is 4. The Labute approximate surface area is 202 Å². The molecule has 0 bridgehead atoms. The average Bonchev–Trinajstić information content (AvgIpc) is 3.08. The van der Waals surface area contributed by atoms with Gasteiger partial charge in [-0.1, -0.05) is 6.07 Å².